The summed E-state index contributed by atoms with van der Waals surface area (Å²) in [6.45, 7) is 0. The number of hydrogen-bond donors (Lipinski definition) is 0. The normalized spacial score (nSPS) is 11.8. The van der Waals surface area contributed by atoms with E-state index < -0.39 is 0 Å². The van der Waals surface area contributed by atoms with E-state index in [1.807, 2.05) is 72.9 Å². The summed E-state index contributed by atoms with van der Waals surface area (Å²) in [7, 11) is 0. The monoisotopic (exact) mass is 666 g/mol. The number of benzene rings is 6. The Hall–Kier alpha value is -7.18. The van der Waals surface area contributed by atoms with Gasteiger partial charge in [-0.2, -0.15) is 0 Å². The summed E-state index contributed by atoms with van der Waals surface area (Å²) in [5, 5.41) is 1.08. The molecule has 3 aromatic heterocycles. The van der Waals surface area contributed by atoms with Gasteiger partial charge in [0.2, 0.25) is 0 Å². The number of pyridine rings is 1. The first-order chi connectivity index (χ1) is 25.8. The summed E-state index contributed by atoms with van der Waals surface area (Å²) in [6, 6.07) is 60.8. The number of hydrogen-bond acceptors (Lipinski definition) is 5. The summed E-state index contributed by atoms with van der Waals surface area (Å²) >= 11 is 0. The van der Waals surface area contributed by atoms with Gasteiger partial charge in [-0.1, -0.05) is 127 Å². The molecular formula is C46H30N6. The summed E-state index contributed by atoms with van der Waals surface area (Å²) in [6.07, 6.45) is 1.88. The first-order valence-electron chi connectivity index (χ1n) is 17.3. The molecule has 1 aliphatic rings. The van der Waals surface area contributed by atoms with E-state index in [2.05, 4.69) is 119 Å². The zero-order chi connectivity index (χ0) is 34.4. The number of para-hydroxylation sites is 3. The van der Waals surface area contributed by atoms with Gasteiger partial charge in [-0.25, -0.2) is 19.9 Å². The summed E-state index contributed by atoms with van der Waals surface area (Å²) in [5.41, 5.74) is 12.4. The molecule has 0 aliphatic carbocycles. The van der Waals surface area contributed by atoms with Crippen LogP contribution in [0, 0.1) is 0 Å². The van der Waals surface area contributed by atoms with E-state index in [0.29, 0.717) is 17.5 Å². The van der Waals surface area contributed by atoms with Crippen LogP contribution < -0.4 is 4.90 Å². The molecule has 10 rings (SSSR count). The van der Waals surface area contributed by atoms with Crippen LogP contribution in [0.5, 0.6) is 0 Å². The van der Waals surface area contributed by atoms with Crippen molar-refractivity contribution in [3.63, 3.8) is 0 Å². The minimum atomic E-state index is 0.603. The Labute approximate surface area is 301 Å². The third-order valence-corrected chi connectivity index (χ3v) is 9.62. The number of fused-ring (bicyclic) bond motifs is 7. The van der Waals surface area contributed by atoms with E-state index in [9.17, 15) is 0 Å². The molecule has 6 heteroatoms. The Kier molecular flexibility index (Phi) is 7.03. The number of aromatic nitrogens is 5. The van der Waals surface area contributed by atoms with E-state index in [0.717, 1.165) is 72.9 Å². The maximum absolute atomic E-state index is 5.04. The lowest BCUT2D eigenvalue weighted by Crippen LogP contribution is -2.11. The van der Waals surface area contributed by atoms with Crippen molar-refractivity contribution in [3.8, 4) is 62.2 Å². The average molecular weight is 667 g/mol. The molecule has 0 amide bonds. The molecule has 0 saturated heterocycles. The lowest BCUT2D eigenvalue weighted by atomic mass is 9.98. The third kappa shape index (κ3) is 4.88. The van der Waals surface area contributed by atoms with Gasteiger partial charge in [0.25, 0.3) is 0 Å². The first kappa shape index (κ1) is 29.7. The molecule has 0 unspecified atom stereocenters. The Morgan fingerprint density at radius 1 is 0.404 bits per heavy atom. The van der Waals surface area contributed by atoms with Crippen LogP contribution in [0.3, 0.4) is 0 Å². The van der Waals surface area contributed by atoms with Gasteiger partial charge in [-0.15, -0.1) is 0 Å². The Bertz CT molecular complexity index is 2680. The lowest BCUT2D eigenvalue weighted by Gasteiger charge is -2.27. The number of rotatable bonds is 5. The van der Waals surface area contributed by atoms with Gasteiger partial charge < -0.3 is 4.90 Å². The van der Waals surface area contributed by atoms with E-state index in [1.54, 1.807) is 0 Å². The van der Waals surface area contributed by atoms with Gasteiger partial charge in [0.15, 0.2) is 17.5 Å². The molecule has 6 aromatic carbocycles. The molecule has 0 radical (unpaired) electrons. The SMILES string of the molecule is c1ccc(-c2nc(-c3ccccc3)nc(-c3cccc(-n4c5c(c6cccnc64)-c4ccccc4N(c4ccccc4)c4ccccc4-5)c3)n2)cc1. The van der Waals surface area contributed by atoms with Crippen molar-refractivity contribution >= 4 is 28.1 Å². The summed E-state index contributed by atoms with van der Waals surface area (Å²) in [4.78, 5) is 22.4. The molecule has 4 heterocycles. The maximum atomic E-state index is 5.04. The molecule has 9 aromatic rings. The molecule has 6 nitrogen and oxygen atoms in total. The van der Waals surface area contributed by atoms with Crippen molar-refractivity contribution in [1.29, 1.82) is 0 Å². The highest BCUT2D eigenvalue weighted by molar-refractivity contribution is 6.12. The van der Waals surface area contributed by atoms with Crippen LogP contribution in [0.15, 0.2) is 182 Å². The van der Waals surface area contributed by atoms with Crippen LogP contribution in [0.4, 0.5) is 17.1 Å². The van der Waals surface area contributed by atoms with E-state index >= 15 is 0 Å². The second kappa shape index (κ2) is 12.3. The van der Waals surface area contributed by atoms with Gasteiger partial charge in [-0.05, 0) is 48.5 Å². The number of nitrogens with zero attached hydrogens (tertiary/aromatic N) is 6. The minimum Gasteiger partial charge on any atom is -0.309 e. The zero-order valence-corrected chi connectivity index (χ0v) is 28.0. The lowest BCUT2D eigenvalue weighted by molar-refractivity contribution is 1.07. The van der Waals surface area contributed by atoms with Crippen LogP contribution in [-0.2, 0) is 0 Å². The predicted molar refractivity (Wildman–Crippen MR) is 210 cm³/mol. The predicted octanol–water partition coefficient (Wildman–Crippen LogP) is 11.3. The van der Waals surface area contributed by atoms with Gasteiger partial charge in [0.05, 0.1) is 17.1 Å². The summed E-state index contributed by atoms with van der Waals surface area (Å²) in [5.74, 6) is 1.86. The minimum absolute atomic E-state index is 0.603. The molecule has 0 fully saturated rings. The van der Waals surface area contributed by atoms with Crippen molar-refractivity contribution in [2.24, 2.45) is 0 Å². The fraction of sp³-hybridized carbons (Fsp3) is 0. The van der Waals surface area contributed by atoms with Crippen molar-refractivity contribution in [2.45, 2.75) is 0 Å². The molecule has 0 atom stereocenters. The van der Waals surface area contributed by atoms with Gasteiger partial charge in [0.1, 0.15) is 5.65 Å². The van der Waals surface area contributed by atoms with Crippen LogP contribution in [0.2, 0.25) is 0 Å². The molecular weight excluding hydrogens is 637 g/mol. The molecule has 1 aliphatic heterocycles. The molecule has 52 heavy (non-hydrogen) atoms. The highest BCUT2D eigenvalue weighted by Gasteiger charge is 2.31. The maximum Gasteiger partial charge on any atom is 0.164 e. The van der Waals surface area contributed by atoms with Crippen molar-refractivity contribution in [2.75, 3.05) is 4.90 Å². The molecule has 0 N–H and O–H groups in total. The Morgan fingerprint density at radius 3 is 1.60 bits per heavy atom. The molecule has 0 spiro atoms. The molecule has 0 saturated carbocycles. The van der Waals surface area contributed by atoms with Crippen LogP contribution in [0.25, 0.3) is 73.3 Å². The van der Waals surface area contributed by atoms with Crippen molar-refractivity contribution in [3.05, 3.63) is 182 Å². The Balaban J connectivity index is 1.23. The molecule has 244 valence electrons. The van der Waals surface area contributed by atoms with Crippen molar-refractivity contribution < 1.29 is 0 Å². The summed E-state index contributed by atoms with van der Waals surface area (Å²) < 4.78 is 2.30. The number of anilines is 3. The fourth-order valence-electron chi connectivity index (χ4n) is 7.35. The third-order valence-electron chi connectivity index (χ3n) is 9.62. The van der Waals surface area contributed by atoms with Crippen LogP contribution >= 0.6 is 0 Å². The highest BCUT2D eigenvalue weighted by atomic mass is 15.2. The quantitative estimate of drug-likeness (QED) is 0.183. The smallest absolute Gasteiger partial charge is 0.164 e. The van der Waals surface area contributed by atoms with Crippen molar-refractivity contribution in [1.82, 2.24) is 24.5 Å². The van der Waals surface area contributed by atoms with Gasteiger partial charge >= 0.3 is 0 Å². The fourth-order valence-corrected chi connectivity index (χ4v) is 7.35. The average Bonchev–Trinajstić information content (AvgIpc) is 3.51. The largest absolute Gasteiger partial charge is 0.309 e. The second-order valence-electron chi connectivity index (χ2n) is 12.7. The van der Waals surface area contributed by atoms with Gasteiger partial charge in [-0.3, -0.25) is 4.57 Å². The first-order valence-corrected chi connectivity index (χ1v) is 17.3. The molecule has 0 bridgehead atoms. The Morgan fingerprint density at radius 2 is 0.923 bits per heavy atom. The van der Waals surface area contributed by atoms with E-state index in [4.69, 9.17) is 19.9 Å². The standard InChI is InChI=1S/C46H30N6/c1-4-16-31(17-5-1)43-48-44(32-18-6-2-7-19-32)50-45(49-43)33-20-14-23-35(30-33)52-42-37-25-11-13-28-40(37)51(34-21-8-3-9-22-34)39-27-12-10-24-36(39)41(42)38-26-15-29-47-46(38)52/h1-30H. The van der Waals surface area contributed by atoms with Crippen LogP contribution in [-0.4, -0.2) is 24.5 Å². The zero-order valence-electron chi connectivity index (χ0n) is 28.0. The van der Waals surface area contributed by atoms with E-state index in [1.165, 1.54) is 0 Å². The van der Waals surface area contributed by atoms with Crippen LogP contribution in [0.1, 0.15) is 0 Å². The highest BCUT2D eigenvalue weighted by Crippen LogP contribution is 2.54. The second-order valence-corrected chi connectivity index (χ2v) is 12.7. The van der Waals surface area contributed by atoms with E-state index in [-0.39, 0.29) is 0 Å². The topological polar surface area (TPSA) is 59.7 Å². The van der Waals surface area contributed by atoms with Gasteiger partial charge in [0, 0.05) is 56.3 Å².